The Morgan fingerprint density at radius 3 is 2.59 bits per heavy atom. The molecular formula is C24H28FN5O3S. The Labute approximate surface area is 198 Å². The fraction of sp³-hybridized carbons (Fsp3) is 0.375. The average molecular weight is 486 g/mol. The minimum absolute atomic E-state index is 0.126. The van der Waals surface area contributed by atoms with Crippen molar-refractivity contribution in [1.29, 1.82) is 0 Å². The van der Waals surface area contributed by atoms with Gasteiger partial charge in [0.05, 0.1) is 0 Å². The van der Waals surface area contributed by atoms with Crippen LogP contribution in [0.1, 0.15) is 36.5 Å². The number of amides is 1. The van der Waals surface area contributed by atoms with Gasteiger partial charge in [0.25, 0.3) is 0 Å². The van der Waals surface area contributed by atoms with Gasteiger partial charge in [-0.25, -0.2) is 12.8 Å². The Morgan fingerprint density at radius 2 is 1.79 bits per heavy atom. The largest absolute Gasteiger partial charge is 0.354 e. The molecule has 0 spiro atoms. The van der Waals surface area contributed by atoms with Crippen molar-refractivity contribution < 1.29 is 17.6 Å². The predicted octanol–water partition coefficient (Wildman–Crippen LogP) is 2.39. The molecule has 4 rings (SSSR count). The molecule has 1 aromatic heterocycles. The normalized spacial score (nSPS) is 14.7. The fourth-order valence-corrected chi connectivity index (χ4v) is 5.38. The number of aryl methyl sites for hydroxylation is 1. The third-order valence-electron chi connectivity index (χ3n) is 5.86. The van der Waals surface area contributed by atoms with Gasteiger partial charge in [-0.15, -0.1) is 10.2 Å². The van der Waals surface area contributed by atoms with Crippen LogP contribution in [-0.2, 0) is 40.6 Å². The van der Waals surface area contributed by atoms with E-state index in [1.165, 1.54) is 18.2 Å². The van der Waals surface area contributed by atoms with Gasteiger partial charge in [-0.3, -0.25) is 4.79 Å². The van der Waals surface area contributed by atoms with Gasteiger partial charge in [0, 0.05) is 25.9 Å². The lowest BCUT2D eigenvalue weighted by atomic mass is 10.1. The van der Waals surface area contributed by atoms with E-state index in [9.17, 15) is 17.6 Å². The van der Waals surface area contributed by atoms with Gasteiger partial charge >= 0.3 is 0 Å². The van der Waals surface area contributed by atoms with Crippen molar-refractivity contribution in [2.75, 3.05) is 6.54 Å². The van der Waals surface area contributed by atoms with Gasteiger partial charge in [0.2, 0.25) is 15.9 Å². The van der Waals surface area contributed by atoms with Crippen molar-refractivity contribution in [2.24, 2.45) is 0 Å². The van der Waals surface area contributed by atoms with Crippen molar-refractivity contribution in [3.63, 3.8) is 0 Å². The summed E-state index contributed by atoms with van der Waals surface area (Å²) in [6.07, 6.45) is 4.83. The van der Waals surface area contributed by atoms with Crippen molar-refractivity contribution in [3.05, 3.63) is 77.6 Å². The number of carbonyl (C=O) groups is 1. The van der Waals surface area contributed by atoms with Crippen LogP contribution < -0.4 is 10.0 Å². The van der Waals surface area contributed by atoms with E-state index in [-0.39, 0.29) is 13.0 Å². The van der Waals surface area contributed by atoms with Crippen LogP contribution in [0.25, 0.3) is 0 Å². The third-order valence-corrected chi connectivity index (χ3v) is 7.36. The molecule has 0 fully saturated rings. The molecule has 2 N–H and O–H groups in total. The van der Waals surface area contributed by atoms with E-state index in [0.717, 1.165) is 55.5 Å². The Bertz CT molecular complexity index is 1230. The lowest BCUT2D eigenvalue weighted by Gasteiger charge is -2.19. The van der Waals surface area contributed by atoms with E-state index < -0.39 is 32.7 Å². The smallest absolute Gasteiger partial charge is 0.244 e. The van der Waals surface area contributed by atoms with Crippen LogP contribution in [-0.4, -0.2) is 41.7 Å². The molecule has 2 aromatic carbocycles. The summed E-state index contributed by atoms with van der Waals surface area (Å²) in [6.45, 7) is 1.15. The van der Waals surface area contributed by atoms with Gasteiger partial charge in [-0.05, 0) is 37.0 Å². The van der Waals surface area contributed by atoms with Crippen LogP contribution in [0.2, 0.25) is 0 Å². The van der Waals surface area contributed by atoms with Crippen LogP contribution in [0.4, 0.5) is 4.39 Å². The first-order valence-electron chi connectivity index (χ1n) is 11.4. The van der Waals surface area contributed by atoms with Crippen molar-refractivity contribution >= 4 is 15.9 Å². The minimum Gasteiger partial charge on any atom is -0.354 e. The van der Waals surface area contributed by atoms with E-state index in [0.29, 0.717) is 6.42 Å². The molecule has 10 heteroatoms. The number of benzene rings is 2. The zero-order valence-corrected chi connectivity index (χ0v) is 19.6. The minimum atomic E-state index is -4.25. The van der Waals surface area contributed by atoms with Crippen LogP contribution >= 0.6 is 0 Å². The summed E-state index contributed by atoms with van der Waals surface area (Å²) in [4.78, 5) is 12.5. The SMILES string of the molecule is O=C(NCCc1nnc2n1CCCCC2)[C@H](Cc1ccccc1)NS(=O)(=O)c1ccccc1F. The van der Waals surface area contributed by atoms with Crippen molar-refractivity contribution in [1.82, 2.24) is 24.8 Å². The molecule has 0 bridgehead atoms. The molecule has 0 radical (unpaired) electrons. The molecule has 34 heavy (non-hydrogen) atoms. The Balaban J connectivity index is 1.46. The molecule has 1 aliphatic rings. The quantitative estimate of drug-likeness (QED) is 0.484. The first-order valence-corrected chi connectivity index (χ1v) is 12.9. The summed E-state index contributed by atoms with van der Waals surface area (Å²) in [5.41, 5.74) is 0.779. The van der Waals surface area contributed by atoms with Crippen LogP contribution in [0.3, 0.4) is 0 Å². The van der Waals surface area contributed by atoms with Crippen molar-refractivity contribution in [3.8, 4) is 0 Å². The highest BCUT2D eigenvalue weighted by atomic mass is 32.2. The number of nitrogens with one attached hydrogen (secondary N) is 2. The first-order chi connectivity index (χ1) is 16.4. The molecule has 1 atom stereocenters. The molecular weight excluding hydrogens is 457 g/mol. The molecule has 3 aromatic rings. The Morgan fingerprint density at radius 1 is 1.03 bits per heavy atom. The molecule has 0 aliphatic carbocycles. The van der Waals surface area contributed by atoms with Crippen LogP contribution in [0, 0.1) is 5.82 Å². The number of sulfonamides is 1. The van der Waals surface area contributed by atoms with E-state index >= 15 is 0 Å². The summed E-state index contributed by atoms with van der Waals surface area (Å²) in [5.74, 6) is 0.419. The predicted molar refractivity (Wildman–Crippen MR) is 125 cm³/mol. The molecule has 180 valence electrons. The topological polar surface area (TPSA) is 106 Å². The van der Waals surface area contributed by atoms with E-state index in [2.05, 4.69) is 24.8 Å². The molecule has 1 amide bonds. The lowest BCUT2D eigenvalue weighted by molar-refractivity contribution is -0.122. The molecule has 0 unspecified atom stereocenters. The zero-order valence-electron chi connectivity index (χ0n) is 18.8. The molecule has 0 saturated heterocycles. The number of aromatic nitrogens is 3. The number of hydrogen-bond acceptors (Lipinski definition) is 5. The maximum Gasteiger partial charge on any atom is 0.244 e. The third kappa shape index (κ3) is 5.87. The molecule has 2 heterocycles. The fourth-order valence-electron chi connectivity index (χ4n) is 4.10. The summed E-state index contributed by atoms with van der Waals surface area (Å²) in [6, 6.07) is 13.1. The van der Waals surface area contributed by atoms with Crippen LogP contribution in [0.15, 0.2) is 59.5 Å². The standard InChI is InChI=1S/C24H28FN5O3S/c25-19-11-6-7-12-21(19)34(32,33)29-20(17-18-9-3-1-4-10-18)24(31)26-15-14-23-28-27-22-13-5-2-8-16-30(22)23/h1,3-4,6-7,9-12,20,29H,2,5,8,13-17H2,(H,26,31)/t20-/m0/s1. The highest BCUT2D eigenvalue weighted by molar-refractivity contribution is 7.89. The number of rotatable bonds is 9. The second kappa shape index (κ2) is 10.9. The van der Waals surface area contributed by atoms with E-state index in [1.54, 1.807) is 0 Å². The number of nitrogens with zero attached hydrogens (tertiary/aromatic N) is 3. The van der Waals surface area contributed by atoms with Crippen LogP contribution in [0.5, 0.6) is 0 Å². The highest BCUT2D eigenvalue weighted by Gasteiger charge is 2.28. The van der Waals surface area contributed by atoms with E-state index in [1.807, 2.05) is 30.3 Å². The molecule has 1 aliphatic heterocycles. The van der Waals surface area contributed by atoms with Gasteiger partial charge in [0.1, 0.15) is 28.4 Å². The summed E-state index contributed by atoms with van der Waals surface area (Å²) < 4.78 is 44.4. The summed E-state index contributed by atoms with van der Waals surface area (Å²) in [5, 5.41) is 11.3. The van der Waals surface area contributed by atoms with Gasteiger partial charge in [-0.2, -0.15) is 4.72 Å². The number of fused-ring (bicyclic) bond motifs is 1. The lowest BCUT2D eigenvalue weighted by Crippen LogP contribution is -2.48. The number of carbonyl (C=O) groups excluding carboxylic acids is 1. The zero-order chi connectivity index (χ0) is 24.0. The first kappa shape index (κ1) is 24.0. The maximum absolute atomic E-state index is 14.2. The molecule has 8 nitrogen and oxygen atoms in total. The summed E-state index contributed by atoms with van der Waals surface area (Å²) >= 11 is 0. The Hall–Kier alpha value is -3.11. The van der Waals surface area contributed by atoms with Crippen molar-refractivity contribution in [2.45, 2.75) is 56.0 Å². The average Bonchev–Trinajstić information content (AvgIpc) is 3.05. The highest BCUT2D eigenvalue weighted by Crippen LogP contribution is 2.16. The maximum atomic E-state index is 14.2. The summed E-state index contributed by atoms with van der Waals surface area (Å²) in [7, 11) is -4.25. The number of hydrogen-bond donors (Lipinski definition) is 2. The monoisotopic (exact) mass is 485 g/mol. The van der Waals surface area contributed by atoms with Gasteiger partial charge < -0.3 is 9.88 Å². The number of halogens is 1. The van der Waals surface area contributed by atoms with Gasteiger partial charge in [-0.1, -0.05) is 48.9 Å². The second-order valence-electron chi connectivity index (χ2n) is 8.33. The van der Waals surface area contributed by atoms with Gasteiger partial charge in [0.15, 0.2) is 0 Å². The Kier molecular flexibility index (Phi) is 7.69. The van der Waals surface area contributed by atoms with E-state index in [4.69, 9.17) is 0 Å². The second-order valence-corrected chi connectivity index (χ2v) is 10.0. The molecule has 0 saturated carbocycles.